The van der Waals surface area contributed by atoms with Crippen LogP contribution < -0.4 is 0 Å². The van der Waals surface area contributed by atoms with Crippen molar-refractivity contribution in [1.82, 2.24) is 0 Å². The van der Waals surface area contributed by atoms with Gasteiger partial charge in [-0.2, -0.15) is 0 Å². The summed E-state index contributed by atoms with van der Waals surface area (Å²) >= 11 is 3.44. The number of hydrogen-bond acceptors (Lipinski definition) is 1. The minimum absolute atomic E-state index is 0.191. The topological polar surface area (TPSA) is 17.1 Å². The first-order valence-corrected chi connectivity index (χ1v) is 7.69. The zero-order chi connectivity index (χ0) is 13.5. The molecular formula is C16H23BrO. The molecular weight excluding hydrogens is 288 g/mol. The SMILES string of the molecule is CCCCCC(CC)C(=O)c1ccc(Br)cc1C. The predicted octanol–water partition coefficient (Wildman–Crippen LogP) is 5.55. The summed E-state index contributed by atoms with van der Waals surface area (Å²) in [6.07, 6.45) is 5.57. The van der Waals surface area contributed by atoms with Crippen LogP contribution in [0.15, 0.2) is 22.7 Å². The highest BCUT2D eigenvalue weighted by Gasteiger charge is 2.19. The van der Waals surface area contributed by atoms with Gasteiger partial charge < -0.3 is 0 Å². The summed E-state index contributed by atoms with van der Waals surface area (Å²) in [6, 6.07) is 5.93. The number of Topliss-reactive ketones (excluding diaryl/α,β-unsaturated/α-hetero) is 1. The number of carbonyl (C=O) groups is 1. The van der Waals surface area contributed by atoms with Gasteiger partial charge in [-0.15, -0.1) is 0 Å². The largest absolute Gasteiger partial charge is 0.294 e. The minimum atomic E-state index is 0.191. The molecule has 2 heteroatoms. The van der Waals surface area contributed by atoms with Crippen LogP contribution in [-0.4, -0.2) is 5.78 Å². The van der Waals surface area contributed by atoms with Crippen LogP contribution >= 0.6 is 15.9 Å². The molecule has 1 rings (SSSR count). The third-order valence-corrected chi connectivity index (χ3v) is 3.97. The fourth-order valence-corrected chi connectivity index (χ4v) is 2.76. The van der Waals surface area contributed by atoms with Crippen molar-refractivity contribution < 1.29 is 4.79 Å². The summed E-state index contributed by atoms with van der Waals surface area (Å²) in [5.41, 5.74) is 1.96. The van der Waals surface area contributed by atoms with Crippen LogP contribution in [-0.2, 0) is 0 Å². The van der Waals surface area contributed by atoms with Crippen LogP contribution in [0.25, 0.3) is 0 Å². The van der Waals surface area contributed by atoms with E-state index in [0.29, 0.717) is 5.78 Å². The van der Waals surface area contributed by atoms with Crippen molar-refractivity contribution >= 4 is 21.7 Å². The Morgan fingerprint density at radius 2 is 2.00 bits per heavy atom. The molecule has 0 aliphatic heterocycles. The van der Waals surface area contributed by atoms with Gasteiger partial charge in [0.25, 0.3) is 0 Å². The van der Waals surface area contributed by atoms with E-state index in [2.05, 4.69) is 29.8 Å². The molecule has 0 radical (unpaired) electrons. The highest BCUT2D eigenvalue weighted by Crippen LogP contribution is 2.23. The Kier molecular flexibility index (Phi) is 6.62. The van der Waals surface area contributed by atoms with Crippen molar-refractivity contribution in [3.8, 4) is 0 Å². The van der Waals surface area contributed by atoms with E-state index in [4.69, 9.17) is 0 Å². The van der Waals surface area contributed by atoms with Gasteiger partial charge in [0, 0.05) is 16.0 Å². The molecule has 0 aliphatic rings. The Bertz CT molecular complexity index is 398. The second-order valence-corrected chi connectivity index (χ2v) is 5.84. The van der Waals surface area contributed by atoms with Gasteiger partial charge in [-0.05, 0) is 37.5 Å². The number of aryl methyl sites for hydroxylation is 1. The highest BCUT2D eigenvalue weighted by molar-refractivity contribution is 9.10. The summed E-state index contributed by atoms with van der Waals surface area (Å²) in [7, 11) is 0. The maximum absolute atomic E-state index is 12.5. The minimum Gasteiger partial charge on any atom is -0.294 e. The number of carbonyl (C=O) groups excluding carboxylic acids is 1. The smallest absolute Gasteiger partial charge is 0.166 e. The third-order valence-electron chi connectivity index (χ3n) is 3.47. The van der Waals surface area contributed by atoms with E-state index < -0.39 is 0 Å². The van der Waals surface area contributed by atoms with Gasteiger partial charge >= 0.3 is 0 Å². The molecule has 0 aromatic heterocycles. The van der Waals surface area contributed by atoms with E-state index in [0.717, 1.165) is 34.9 Å². The number of rotatable bonds is 7. The number of ketones is 1. The van der Waals surface area contributed by atoms with Crippen molar-refractivity contribution in [2.45, 2.75) is 52.9 Å². The molecule has 1 nitrogen and oxygen atoms in total. The van der Waals surface area contributed by atoms with Gasteiger partial charge in [0.2, 0.25) is 0 Å². The van der Waals surface area contributed by atoms with Crippen molar-refractivity contribution in [3.05, 3.63) is 33.8 Å². The van der Waals surface area contributed by atoms with Crippen LogP contribution in [0.2, 0.25) is 0 Å². The number of halogens is 1. The molecule has 0 amide bonds. The van der Waals surface area contributed by atoms with Gasteiger partial charge in [-0.1, -0.05) is 55.1 Å². The maximum atomic E-state index is 12.5. The van der Waals surface area contributed by atoms with Crippen LogP contribution in [0.4, 0.5) is 0 Å². The lowest BCUT2D eigenvalue weighted by Crippen LogP contribution is -2.15. The fourth-order valence-electron chi connectivity index (χ4n) is 2.28. The molecule has 0 N–H and O–H groups in total. The molecule has 1 aromatic rings. The molecule has 0 aliphatic carbocycles. The van der Waals surface area contributed by atoms with Crippen LogP contribution in [0.3, 0.4) is 0 Å². The van der Waals surface area contributed by atoms with Crippen molar-refractivity contribution in [2.24, 2.45) is 5.92 Å². The second-order valence-electron chi connectivity index (χ2n) is 4.92. The molecule has 0 heterocycles. The van der Waals surface area contributed by atoms with Gasteiger partial charge in [0.05, 0.1) is 0 Å². The monoisotopic (exact) mass is 310 g/mol. The Morgan fingerprint density at radius 3 is 2.56 bits per heavy atom. The summed E-state index contributed by atoms with van der Waals surface area (Å²) in [4.78, 5) is 12.5. The van der Waals surface area contributed by atoms with Crippen molar-refractivity contribution in [1.29, 1.82) is 0 Å². The maximum Gasteiger partial charge on any atom is 0.166 e. The molecule has 0 spiro atoms. The first kappa shape index (κ1) is 15.4. The molecule has 100 valence electrons. The molecule has 0 bridgehead atoms. The lowest BCUT2D eigenvalue weighted by atomic mass is 9.88. The average molecular weight is 311 g/mol. The third kappa shape index (κ3) is 4.24. The molecule has 18 heavy (non-hydrogen) atoms. The second kappa shape index (κ2) is 7.73. The Balaban J connectivity index is 2.76. The van der Waals surface area contributed by atoms with Gasteiger partial charge in [-0.25, -0.2) is 0 Å². The summed E-state index contributed by atoms with van der Waals surface area (Å²) < 4.78 is 1.04. The van der Waals surface area contributed by atoms with E-state index in [-0.39, 0.29) is 5.92 Å². The van der Waals surface area contributed by atoms with Crippen molar-refractivity contribution in [2.75, 3.05) is 0 Å². The molecule has 0 saturated carbocycles. The zero-order valence-electron chi connectivity index (χ0n) is 11.6. The molecule has 0 fully saturated rings. The van der Waals surface area contributed by atoms with Gasteiger partial charge in [0.15, 0.2) is 5.78 Å². The van der Waals surface area contributed by atoms with E-state index in [1.807, 2.05) is 25.1 Å². The van der Waals surface area contributed by atoms with Crippen molar-refractivity contribution in [3.63, 3.8) is 0 Å². The Hall–Kier alpha value is -0.630. The normalized spacial score (nSPS) is 12.4. The predicted molar refractivity (Wildman–Crippen MR) is 81.1 cm³/mol. The van der Waals surface area contributed by atoms with E-state index in [1.54, 1.807) is 0 Å². The standard InChI is InChI=1S/C16H23BrO/c1-4-6-7-8-13(5-2)16(18)15-10-9-14(17)11-12(15)3/h9-11,13H,4-8H2,1-3H3. The summed E-state index contributed by atoms with van der Waals surface area (Å²) in [5, 5.41) is 0. The van der Waals surface area contributed by atoms with E-state index in [1.165, 1.54) is 12.8 Å². The molecule has 0 saturated heterocycles. The lowest BCUT2D eigenvalue weighted by molar-refractivity contribution is 0.0907. The van der Waals surface area contributed by atoms with Crippen LogP contribution in [0.1, 0.15) is 61.9 Å². The number of hydrogen-bond donors (Lipinski definition) is 0. The molecule has 1 aromatic carbocycles. The quantitative estimate of drug-likeness (QED) is 0.477. The summed E-state index contributed by atoms with van der Waals surface area (Å²) in [6.45, 7) is 6.32. The van der Waals surface area contributed by atoms with Crippen LogP contribution in [0.5, 0.6) is 0 Å². The number of benzene rings is 1. The zero-order valence-corrected chi connectivity index (χ0v) is 13.2. The Morgan fingerprint density at radius 1 is 1.28 bits per heavy atom. The Labute approximate surface area is 119 Å². The first-order chi connectivity index (χ1) is 8.60. The number of unbranched alkanes of at least 4 members (excludes halogenated alkanes) is 2. The fraction of sp³-hybridized carbons (Fsp3) is 0.562. The van der Waals surface area contributed by atoms with Gasteiger partial charge in [0.1, 0.15) is 0 Å². The average Bonchev–Trinajstić information content (AvgIpc) is 2.34. The summed E-state index contributed by atoms with van der Waals surface area (Å²) in [5.74, 6) is 0.509. The lowest BCUT2D eigenvalue weighted by Gasteiger charge is -2.15. The first-order valence-electron chi connectivity index (χ1n) is 6.90. The highest BCUT2D eigenvalue weighted by atomic mass is 79.9. The van der Waals surface area contributed by atoms with E-state index in [9.17, 15) is 4.79 Å². The van der Waals surface area contributed by atoms with Crippen LogP contribution in [0, 0.1) is 12.8 Å². The van der Waals surface area contributed by atoms with E-state index >= 15 is 0 Å². The molecule has 1 atom stereocenters. The van der Waals surface area contributed by atoms with Gasteiger partial charge in [-0.3, -0.25) is 4.79 Å². The molecule has 1 unspecified atom stereocenters.